The molecule has 1 unspecified atom stereocenters. The predicted octanol–water partition coefficient (Wildman–Crippen LogP) is 1.75. The van der Waals surface area contributed by atoms with Crippen molar-refractivity contribution < 1.29 is 9.47 Å². The summed E-state index contributed by atoms with van der Waals surface area (Å²) in [7, 11) is 0. The second-order valence-corrected chi connectivity index (χ2v) is 4.19. The van der Waals surface area contributed by atoms with Gasteiger partial charge in [-0.1, -0.05) is 13.0 Å². The summed E-state index contributed by atoms with van der Waals surface area (Å²) in [5, 5.41) is 3.25. The van der Waals surface area contributed by atoms with Gasteiger partial charge in [-0.05, 0) is 25.5 Å². The van der Waals surface area contributed by atoms with Gasteiger partial charge in [0.05, 0.1) is 11.8 Å². The van der Waals surface area contributed by atoms with Crippen LogP contribution in [-0.2, 0) is 11.3 Å². The lowest BCUT2D eigenvalue weighted by Crippen LogP contribution is -2.17. The van der Waals surface area contributed by atoms with Gasteiger partial charge in [-0.3, -0.25) is 0 Å². The Bertz CT molecular complexity index is 338. The van der Waals surface area contributed by atoms with Crippen LogP contribution in [0, 0.1) is 0 Å². The van der Waals surface area contributed by atoms with Crippen molar-refractivity contribution in [3.63, 3.8) is 0 Å². The lowest BCUT2D eigenvalue weighted by atomic mass is 10.2. The van der Waals surface area contributed by atoms with Crippen LogP contribution in [0.2, 0.25) is 0 Å². The highest BCUT2D eigenvalue weighted by atomic mass is 16.5. The van der Waals surface area contributed by atoms with Gasteiger partial charge in [-0.15, -0.1) is 0 Å². The van der Waals surface area contributed by atoms with Gasteiger partial charge in [-0.2, -0.15) is 0 Å². The van der Waals surface area contributed by atoms with Crippen LogP contribution < -0.4 is 10.1 Å². The van der Waals surface area contributed by atoms with Gasteiger partial charge in [-0.25, -0.2) is 4.98 Å². The number of nitrogens with zero attached hydrogens (tertiary/aromatic N) is 1. The Morgan fingerprint density at radius 1 is 1.53 bits per heavy atom. The van der Waals surface area contributed by atoms with Crippen molar-refractivity contribution in [3.05, 3.63) is 23.9 Å². The standard InChI is InChI=1S/C13H20N2O2/c1-2-14-9-11-5-3-7-13(15-11)17-10-12-6-4-8-16-12/h3,5,7,12,14H,2,4,6,8-10H2,1H3. The van der Waals surface area contributed by atoms with Crippen LogP contribution in [0.15, 0.2) is 18.2 Å². The van der Waals surface area contributed by atoms with E-state index in [2.05, 4.69) is 17.2 Å². The van der Waals surface area contributed by atoms with Crippen LogP contribution in [0.3, 0.4) is 0 Å². The van der Waals surface area contributed by atoms with E-state index in [1.165, 1.54) is 0 Å². The summed E-state index contributed by atoms with van der Waals surface area (Å²) in [4.78, 5) is 4.43. The molecule has 1 fully saturated rings. The highest BCUT2D eigenvalue weighted by Gasteiger charge is 2.16. The van der Waals surface area contributed by atoms with E-state index in [0.29, 0.717) is 12.5 Å². The molecule has 0 radical (unpaired) electrons. The molecule has 1 saturated heterocycles. The number of ether oxygens (including phenoxy) is 2. The smallest absolute Gasteiger partial charge is 0.213 e. The molecule has 1 N–H and O–H groups in total. The first-order valence-electron chi connectivity index (χ1n) is 6.29. The fourth-order valence-corrected chi connectivity index (χ4v) is 1.84. The molecule has 94 valence electrons. The van der Waals surface area contributed by atoms with Gasteiger partial charge in [0, 0.05) is 19.2 Å². The summed E-state index contributed by atoms with van der Waals surface area (Å²) >= 11 is 0. The molecule has 4 nitrogen and oxygen atoms in total. The van der Waals surface area contributed by atoms with Crippen LogP contribution in [0.4, 0.5) is 0 Å². The van der Waals surface area contributed by atoms with Crippen molar-refractivity contribution >= 4 is 0 Å². The second-order valence-electron chi connectivity index (χ2n) is 4.19. The van der Waals surface area contributed by atoms with Crippen molar-refractivity contribution in [3.8, 4) is 5.88 Å². The molecule has 1 atom stereocenters. The Hall–Kier alpha value is -1.13. The molecule has 1 aliphatic rings. The fourth-order valence-electron chi connectivity index (χ4n) is 1.84. The van der Waals surface area contributed by atoms with E-state index in [0.717, 1.165) is 38.2 Å². The van der Waals surface area contributed by atoms with Gasteiger partial charge in [0.15, 0.2) is 0 Å². The third-order valence-corrected chi connectivity index (χ3v) is 2.78. The number of hydrogen-bond acceptors (Lipinski definition) is 4. The van der Waals surface area contributed by atoms with Crippen LogP contribution >= 0.6 is 0 Å². The van der Waals surface area contributed by atoms with Crippen LogP contribution in [0.1, 0.15) is 25.5 Å². The Morgan fingerprint density at radius 2 is 2.47 bits per heavy atom. The lowest BCUT2D eigenvalue weighted by molar-refractivity contribution is 0.0662. The zero-order valence-corrected chi connectivity index (χ0v) is 10.3. The van der Waals surface area contributed by atoms with Crippen LogP contribution in [-0.4, -0.2) is 30.8 Å². The largest absolute Gasteiger partial charge is 0.475 e. The van der Waals surface area contributed by atoms with Crippen molar-refractivity contribution in [2.45, 2.75) is 32.4 Å². The zero-order chi connectivity index (χ0) is 11.9. The first-order valence-corrected chi connectivity index (χ1v) is 6.29. The van der Waals surface area contributed by atoms with Gasteiger partial charge < -0.3 is 14.8 Å². The van der Waals surface area contributed by atoms with E-state index in [9.17, 15) is 0 Å². The van der Waals surface area contributed by atoms with Gasteiger partial charge in [0.2, 0.25) is 5.88 Å². The summed E-state index contributed by atoms with van der Waals surface area (Å²) in [6, 6.07) is 5.87. The van der Waals surface area contributed by atoms with Gasteiger partial charge in [0.25, 0.3) is 0 Å². The Labute approximate surface area is 102 Å². The maximum atomic E-state index is 5.65. The van der Waals surface area contributed by atoms with E-state index in [-0.39, 0.29) is 6.10 Å². The summed E-state index contributed by atoms with van der Waals surface area (Å²) in [5.41, 5.74) is 1.01. The van der Waals surface area contributed by atoms with Crippen molar-refractivity contribution in [1.82, 2.24) is 10.3 Å². The van der Waals surface area contributed by atoms with Gasteiger partial charge >= 0.3 is 0 Å². The Morgan fingerprint density at radius 3 is 3.24 bits per heavy atom. The van der Waals surface area contributed by atoms with Crippen molar-refractivity contribution in [2.75, 3.05) is 19.8 Å². The summed E-state index contributed by atoms with van der Waals surface area (Å²) < 4.78 is 11.2. The number of rotatable bonds is 6. The van der Waals surface area contributed by atoms with Crippen LogP contribution in [0.5, 0.6) is 5.88 Å². The monoisotopic (exact) mass is 236 g/mol. The molecule has 2 heterocycles. The molecule has 1 aromatic rings. The number of pyridine rings is 1. The third-order valence-electron chi connectivity index (χ3n) is 2.78. The topological polar surface area (TPSA) is 43.4 Å². The number of aromatic nitrogens is 1. The molecule has 0 bridgehead atoms. The van der Waals surface area contributed by atoms with E-state index < -0.39 is 0 Å². The first kappa shape index (κ1) is 12.3. The van der Waals surface area contributed by atoms with E-state index in [1.807, 2.05) is 18.2 Å². The third kappa shape index (κ3) is 3.98. The Balaban J connectivity index is 1.82. The maximum absolute atomic E-state index is 5.65. The molecule has 0 aliphatic carbocycles. The molecule has 2 rings (SSSR count). The predicted molar refractivity (Wildman–Crippen MR) is 66.1 cm³/mol. The fraction of sp³-hybridized carbons (Fsp3) is 0.615. The minimum atomic E-state index is 0.245. The molecule has 0 amide bonds. The first-order chi connectivity index (χ1) is 8.38. The van der Waals surface area contributed by atoms with Crippen LogP contribution in [0.25, 0.3) is 0 Å². The highest BCUT2D eigenvalue weighted by molar-refractivity contribution is 5.15. The number of nitrogens with one attached hydrogen (secondary N) is 1. The summed E-state index contributed by atoms with van der Waals surface area (Å²) in [5.74, 6) is 0.691. The average Bonchev–Trinajstić information content (AvgIpc) is 2.87. The molecule has 4 heteroatoms. The normalized spacial score (nSPS) is 19.5. The minimum Gasteiger partial charge on any atom is -0.475 e. The van der Waals surface area contributed by atoms with E-state index in [1.54, 1.807) is 0 Å². The SMILES string of the molecule is CCNCc1cccc(OCC2CCCO2)n1. The average molecular weight is 236 g/mol. The van der Waals surface area contributed by atoms with Gasteiger partial charge in [0.1, 0.15) is 6.61 Å². The highest BCUT2D eigenvalue weighted by Crippen LogP contribution is 2.14. The van der Waals surface area contributed by atoms with Crippen molar-refractivity contribution in [2.24, 2.45) is 0 Å². The molecular weight excluding hydrogens is 216 g/mol. The molecule has 0 saturated carbocycles. The minimum absolute atomic E-state index is 0.245. The zero-order valence-electron chi connectivity index (χ0n) is 10.3. The molecular formula is C13H20N2O2. The quantitative estimate of drug-likeness (QED) is 0.817. The second kappa shape index (κ2) is 6.57. The molecule has 0 aromatic carbocycles. The van der Waals surface area contributed by atoms with E-state index >= 15 is 0 Å². The molecule has 1 aromatic heterocycles. The maximum Gasteiger partial charge on any atom is 0.213 e. The number of hydrogen-bond donors (Lipinski definition) is 1. The molecule has 0 spiro atoms. The van der Waals surface area contributed by atoms with Crippen molar-refractivity contribution in [1.29, 1.82) is 0 Å². The Kier molecular flexibility index (Phi) is 4.76. The molecule has 1 aliphatic heterocycles. The molecule has 17 heavy (non-hydrogen) atoms. The lowest BCUT2D eigenvalue weighted by Gasteiger charge is -2.11. The summed E-state index contributed by atoms with van der Waals surface area (Å²) in [6.45, 7) is 5.29. The van der Waals surface area contributed by atoms with E-state index in [4.69, 9.17) is 9.47 Å². The summed E-state index contributed by atoms with van der Waals surface area (Å²) in [6.07, 6.45) is 2.48.